The van der Waals surface area contributed by atoms with Crippen molar-refractivity contribution < 1.29 is 9.53 Å². The van der Waals surface area contributed by atoms with Gasteiger partial charge in [-0.25, -0.2) is 0 Å². The molecule has 11 heavy (non-hydrogen) atoms. The molecule has 0 bridgehead atoms. The Bertz CT molecular complexity index is 118. The van der Waals surface area contributed by atoms with Gasteiger partial charge in [0.25, 0.3) is 0 Å². The van der Waals surface area contributed by atoms with E-state index in [9.17, 15) is 4.79 Å². The van der Waals surface area contributed by atoms with Crippen molar-refractivity contribution in [3.05, 3.63) is 0 Å². The quantitative estimate of drug-likeness (QED) is 0.408. The summed E-state index contributed by atoms with van der Waals surface area (Å²) in [4.78, 5) is 10.9. The van der Waals surface area contributed by atoms with Crippen LogP contribution in [0.1, 0.15) is 0 Å². The van der Waals surface area contributed by atoms with E-state index in [0.717, 1.165) is 0 Å². The van der Waals surface area contributed by atoms with Gasteiger partial charge in [0.1, 0.15) is 0 Å². The summed E-state index contributed by atoms with van der Waals surface area (Å²) >= 11 is 0. The highest BCUT2D eigenvalue weighted by Gasteiger charge is 2.08. The highest BCUT2D eigenvalue weighted by atomic mass is 16.5. The Balaban J connectivity index is 3.36. The summed E-state index contributed by atoms with van der Waals surface area (Å²) in [5, 5.41) is 2.57. The Morgan fingerprint density at radius 2 is 2.36 bits per heavy atom. The molecule has 0 saturated carbocycles. The topological polar surface area (TPSA) is 90.4 Å². The van der Waals surface area contributed by atoms with Crippen molar-refractivity contribution >= 4 is 5.91 Å². The van der Waals surface area contributed by atoms with Gasteiger partial charge in [-0.05, 0) is 0 Å². The van der Waals surface area contributed by atoms with Crippen molar-refractivity contribution in [2.45, 2.75) is 6.04 Å². The smallest absolute Gasteiger partial charge is 0.238 e. The minimum Gasteiger partial charge on any atom is -0.383 e. The minimum absolute atomic E-state index is 0.165. The van der Waals surface area contributed by atoms with Crippen LogP contribution in [0.25, 0.3) is 0 Å². The van der Waals surface area contributed by atoms with Gasteiger partial charge in [-0.3, -0.25) is 4.79 Å². The fraction of sp³-hybridized carbons (Fsp3) is 0.833. The van der Waals surface area contributed by atoms with Gasteiger partial charge in [0.2, 0.25) is 5.91 Å². The highest BCUT2D eigenvalue weighted by Crippen LogP contribution is 1.73. The zero-order valence-corrected chi connectivity index (χ0v) is 6.67. The first-order chi connectivity index (χ1) is 5.22. The molecule has 0 aliphatic rings. The molecule has 5 N–H and O–H groups in total. The molecule has 0 heterocycles. The van der Waals surface area contributed by atoms with Crippen molar-refractivity contribution in [3.63, 3.8) is 0 Å². The lowest BCUT2D eigenvalue weighted by atomic mass is 10.3. The zero-order chi connectivity index (χ0) is 8.69. The number of ether oxygens (including phenoxy) is 1. The summed E-state index contributed by atoms with van der Waals surface area (Å²) in [6.07, 6.45) is 0. The lowest BCUT2D eigenvalue weighted by Crippen LogP contribution is -2.46. The molecule has 1 amide bonds. The molecule has 0 spiro atoms. The number of nitrogens with two attached hydrogens (primary N) is 2. The SMILES string of the molecule is COCCNC(=O)C(N)CN. The number of methoxy groups -OCH3 is 1. The maximum atomic E-state index is 10.9. The predicted molar refractivity (Wildman–Crippen MR) is 41.9 cm³/mol. The number of hydrogen-bond acceptors (Lipinski definition) is 4. The molecule has 1 atom stereocenters. The van der Waals surface area contributed by atoms with Gasteiger partial charge >= 0.3 is 0 Å². The second kappa shape index (κ2) is 6.09. The van der Waals surface area contributed by atoms with Gasteiger partial charge in [-0.2, -0.15) is 0 Å². The molecular formula is C6H15N3O2. The summed E-state index contributed by atoms with van der Waals surface area (Å²) in [5.74, 6) is -0.232. The van der Waals surface area contributed by atoms with Gasteiger partial charge in [0.05, 0.1) is 12.6 Å². The molecule has 0 aromatic heterocycles. The van der Waals surface area contributed by atoms with Crippen molar-refractivity contribution in [2.24, 2.45) is 11.5 Å². The van der Waals surface area contributed by atoms with E-state index in [1.807, 2.05) is 0 Å². The lowest BCUT2D eigenvalue weighted by molar-refractivity contribution is -0.122. The third-order valence-corrected chi connectivity index (χ3v) is 1.20. The first-order valence-corrected chi connectivity index (χ1v) is 3.44. The summed E-state index contributed by atoms with van der Waals surface area (Å²) in [7, 11) is 1.56. The Hall–Kier alpha value is -0.650. The van der Waals surface area contributed by atoms with Gasteiger partial charge in [-0.1, -0.05) is 0 Å². The van der Waals surface area contributed by atoms with E-state index in [4.69, 9.17) is 16.2 Å². The maximum Gasteiger partial charge on any atom is 0.238 e. The largest absolute Gasteiger partial charge is 0.383 e. The molecule has 0 radical (unpaired) electrons. The molecule has 0 aliphatic carbocycles. The third kappa shape index (κ3) is 4.72. The first kappa shape index (κ1) is 10.3. The molecule has 1 unspecified atom stereocenters. The molecule has 5 nitrogen and oxygen atoms in total. The zero-order valence-electron chi connectivity index (χ0n) is 6.67. The van der Waals surface area contributed by atoms with Gasteiger partial charge in [0, 0.05) is 20.2 Å². The van der Waals surface area contributed by atoms with E-state index >= 15 is 0 Å². The first-order valence-electron chi connectivity index (χ1n) is 3.44. The Morgan fingerprint density at radius 1 is 1.73 bits per heavy atom. The minimum atomic E-state index is -0.605. The average molecular weight is 161 g/mol. The number of nitrogens with one attached hydrogen (secondary N) is 1. The highest BCUT2D eigenvalue weighted by molar-refractivity contribution is 5.81. The van der Waals surface area contributed by atoms with Crippen molar-refractivity contribution in [2.75, 3.05) is 26.8 Å². The maximum absolute atomic E-state index is 10.9. The number of rotatable bonds is 5. The predicted octanol–water partition coefficient (Wildman–Crippen LogP) is -1.96. The van der Waals surface area contributed by atoms with E-state index in [0.29, 0.717) is 13.2 Å². The Morgan fingerprint density at radius 3 is 2.82 bits per heavy atom. The van der Waals surface area contributed by atoms with Crippen LogP contribution < -0.4 is 16.8 Å². The van der Waals surface area contributed by atoms with Gasteiger partial charge in [-0.15, -0.1) is 0 Å². The second-order valence-electron chi connectivity index (χ2n) is 2.13. The summed E-state index contributed by atoms with van der Waals surface area (Å²) < 4.78 is 4.72. The monoisotopic (exact) mass is 161 g/mol. The number of carbonyl (C=O) groups excluding carboxylic acids is 1. The van der Waals surface area contributed by atoms with Crippen LogP contribution in [0.4, 0.5) is 0 Å². The second-order valence-corrected chi connectivity index (χ2v) is 2.13. The van der Waals surface area contributed by atoms with E-state index in [-0.39, 0.29) is 12.5 Å². The van der Waals surface area contributed by atoms with Gasteiger partial charge < -0.3 is 21.5 Å². The van der Waals surface area contributed by atoms with Crippen LogP contribution in [0, 0.1) is 0 Å². The van der Waals surface area contributed by atoms with Crippen LogP contribution >= 0.6 is 0 Å². The molecule has 0 aliphatic heterocycles. The number of hydrogen-bond donors (Lipinski definition) is 3. The fourth-order valence-electron chi connectivity index (χ4n) is 0.514. The van der Waals surface area contributed by atoms with E-state index in [1.165, 1.54) is 0 Å². The molecule has 5 heteroatoms. The van der Waals surface area contributed by atoms with Crippen LogP contribution in [-0.4, -0.2) is 38.8 Å². The third-order valence-electron chi connectivity index (χ3n) is 1.20. The normalized spacial score (nSPS) is 12.6. The van der Waals surface area contributed by atoms with Crippen molar-refractivity contribution in [1.29, 1.82) is 0 Å². The number of amides is 1. The Kier molecular flexibility index (Phi) is 5.73. The molecule has 0 saturated heterocycles. The van der Waals surface area contributed by atoms with Crippen LogP contribution in [0.15, 0.2) is 0 Å². The van der Waals surface area contributed by atoms with Crippen LogP contribution in [0.2, 0.25) is 0 Å². The van der Waals surface area contributed by atoms with Crippen LogP contribution in [0.3, 0.4) is 0 Å². The Labute approximate surface area is 66.1 Å². The van der Waals surface area contributed by atoms with Crippen molar-refractivity contribution in [3.8, 4) is 0 Å². The van der Waals surface area contributed by atoms with Gasteiger partial charge in [0.15, 0.2) is 0 Å². The lowest BCUT2D eigenvalue weighted by Gasteiger charge is -2.08. The van der Waals surface area contributed by atoms with E-state index in [1.54, 1.807) is 7.11 Å². The molecule has 0 rings (SSSR count). The van der Waals surface area contributed by atoms with Crippen molar-refractivity contribution in [1.82, 2.24) is 5.32 Å². The molecule has 0 aromatic rings. The van der Waals surface area contributed by atoms with Crippen LogP contribution in [-0.2, 0) is 9.53 Å². The van der Waals surface area contributed by atoms with E-state index in [2.05, 4.69) is 5.32 Å². The van der Waals surface area contributed by atoms with E-state index < -0.39 is 6.04 Å². The fourth-order valence-corrected chi connectivity index (χ4v) is 0.514. The molecular weight excluding hydrogens is 146 g/mol. The summed E-state index contributed by atoms with van der Waals surface area (Å²) in [6.45, 7) is 1.13. The number of carbonyl (C=O) groups is 1. The van der Waals surface area contributed by atoms with Crippen LogP contribution in [0.5, 0.6) is 0 Å². The average Bonchev–Trinajstić information content (AvgIpc) is 2.03. The standard InChI is InChI=1S/C6H15N3O2/c1-11-3-2-9-6(10)5(8)4-7/h5H,2-4,7-8H2,1H3,(H,9,10). The molecule has 66 valence electrons. The molecule has 0 fully saturated rings. The summed E-state index contributed by atoms with van der Waals surface area (Å²) in [6, 6.07) is -0.605. The molecule has 0 aromatic carbocycles. The summed E-state index contributed by atoms with van der Waals surface area (Å²) in [5.41, 5.74) is 10.5.